The van der Waals surface area contributed by atoms with Gasteiger partial charge in [-0.1, -0.05) is 55.8 Å². The first kappa shape index (κ1) is 21.2. The minimum atomic E-state index is -3.54. The van der Waals surface area contributed by atoms with E-state index in [0.717, 1.165) is 23.4 Å². The monoisotopic (exact) mass is 412 g/mol. The van der Waals surface area contributed by atoms with Crippen LogP contribution in [0.15, 0.2) is 53.4 Å². The number of hydrogen-bond acceptors (Lipinski definition) is 4. The fourth-order valence-electron chi connectivity index (χ4n) is 3.08. The van der Waals surface area contributed by atoms with E-state index < -0.39 is 10.0 Å². The van der Waals surface area contributed by atoms with Gasteiger partial charge in [-0.3, -0.25) is 5.10 Å². The molecule has 7 heteroatoms. The summed E-state index contributed by atoms with van der Waals surface area (Å²) in [6.07, 6.45) is 2.03. The van der Waals surface area contributed by atoms with Gasteiger partial charge in [-0.2, -0.15) is 5.10 Å². The molecule has 0 spiro atoms. The van der Waals surface area contributed by atoms with Crippen molar-refractivity contribution >= 4 is 10.0 Å². The lowest BCUT2D eigenvalue weighted by atomic mass is 10.0. The zero-order chi connectivity index (χ0) is 20.9. The van der Waals surface area contributed by atoms with Crippen molar-refractivity contribution in [1.82, 2.24) is 19.9 Å². The summed E-state index contributed by atoms with van der Waals surface area (Å²) in [6, 6.07) is 15.3. The lowest BCUT2D eigenvalue weighted by molar-refractivity contribution is 0.580. The van der Waals surface area contributed by atoms with Gasteiger partial charge in [0.1, 0.15) is 5.82 Å². The summed E-state index contributed by atoms with van der Waals surface area (Å²) in [5.41, 5.74) is 3.51. The quantitative estimate of drug-likeness (QED) is 0.564. The molecule has 0 unspecified atom stereocenters. The minimum Gasteiger partial charge on any atom is -0.263 e. The standard InChI is InChI=1S/C22H28N4O2S/c1-16(2)14-18-8-10-20(11-9-18)29(27,28)23-13-12-21-24-22(26-25-21)15-19-6-4-17(3)5-7-19/h4-11,16,23H,12-15H2,1-3H3,(H,24,25,26). The molecular weight excluding hydrogens is 384 g/mol. The van der Waals surface area contributed by atoms with E-state index >= 15 is 0 Å². The molecule has 0 aliphatic carbocycles. The highest BCUT2D eigenvalue weighted by atomic mass is 32.2. The van der Waals surface area contributed by atoms with Crippen LogP contribution in [-0.2, 0) is 29.3 Å². The summed E-state index contributed by atoms with van der Waals surface area (Å²) >= 11 is 0. The fourth-order valence-corrected chi connectivity index (χ4v) is 4.11. The van der Waals surface area contributed by atoms with Crippen LogP contribution < -0.4 is 4.72 Å². The topological polar surface area (TPSA) is 87.7 Å². The highest BCUT2D eigenvalue weighted by Gasteiger charge is 2.14. The van der Waals surface area contributed by atoms with Crippen molar-refractivity contribution in [2.75, 3.05) is 6.54 Å². The average molecular weight is 413 g/mol. The van der Waals surface area contributed by atoms with Crippen molar-refractivity contribution < 1.29 is 8.42 Å². The van der Waals surface area contributed by atoms with E-state index in [1.54, 1.807) is 12.1 Å². The van der Waals surface area contributed by atoms with E-state index in [1.807, 2.05) is 12.1 Å². The van der Waals surface area contributed by atoms with Crippen molar-refractivity contribution in [2.24, 2.45) is 5.92 Å². The zero-order valence-corrected chi connectivity index (χ0v) is 18.0. The summed E-state index contributed by atoms with van der Waals surface area (Å²) in [5, 5.41) is 7.12. The van der Waals surface area contributed by atoms with Gasteiger partial charge in [0.25, 0.3) is 0 Å². The normalized spacial score (nSPS) is 11.9. The lowest BCUT2D eigenvalue weighted by Gasteiger charge is -2.08. The second-order valence-corrected chi connectivity index (χ2v) is 9.52. The van der Waals surface area contributed by atoms with Crippen LogP contribution in [0.4, 0.5) is 0 Å². The van der Waals surface area contributed by atoms with E-state index in [2.05, 4.69) is 64.9 Å². The Morgan fingerprint density at radius 1 is 1.00 bits per heavy atom. The van der Waals surface area contributed by atoms with E-state index in [9.17, 15) is 8.42 Å². The molecule has 0 radical (unpaired) electrons. The Labute approximate surface area is 172 Å². The van der Waals surface area contributed by atoms with E-state index in [1.165, 1.54) is 5.56 Å². The third-order valence-corrected chi connectivity index (χ3v) is 6.07. The number of aromatic amines is 1. The van der Waals surface area contributed by atoms with Gasteiger partial charge < -0.3 is 0 Å². The number of aromatic nitrogens is 3. The molecule has 0 saturated carbocycles. The van der Waals surface area contributed by atoms with Gasteiger partial charge in [0.05, 0.1) is 4.90 Å². The number of H-pyrrole nitrogens is 1. The Kier molecular flexibility index (Phi) is 6.82. The summed E-state index contributed by atoms with van der Waals surface area (Å²) in [7, 11) is -3.54. The Bertz CT molecular complexity index is 1020. The minimum absolute atomic E-state index is 0.248. The molecule has 1 heterocycles. The first-order valence-corrected chi connectivity index (χ1v) is 11.3. The smallest absolute Gasteiger partial charge is 0.240 e. The Hall–Kier alpha value is -2.51. The molecule has 0 atom stereocenters. The highest BCUT2D eigenvalue weighted by Crippen LogP contribution is 2.13. The third kappa shape index (κ3) is 6.24. The average Bonchev–Trinajstić information content (AvgIpc) is 3.11. The number of sulfonamides is 1. The van der Waals surface area contributed by atoms with Crippen LogP contribution in [0.3, 0.4) is 0 Å². The maximum atomic E-state index is 12.5. The Morgan fingerprint density at radius 3 is 2.31 bits per heavy atom. The molecule has 3 rings (SSSR count). The zero-order valence-electron chi connectivity index (χ0n) is 17.1. The molecule has 3 aromatic rings. The summed E-state index contributed by atoms with van der Waals surface area (Å²) < 4.78 is 27.6. The second kappa shape index (κ2) is 9.33. The third-order valence-electron chi connectivity index (χ3n) is 4.59. The van der Waals surface area contributed by atoms with Gasteiger partial charge in [0.2, 0.25) is 10.0 Å². The van der Waals surface area contributed by atoms with E-state index in [-0.39, 0.29) is 11.4 Å². The Morgan fingerprint density at radius 2 is 1.66 bits per heavy atom. The number of benzene rings is 2. The molecule has 29 heavy (non-hydrogen) atoms. The van der Waals surface area contributed by atoms with Crippen LogP contribution in [0.25, 0.3) is 0 Å². The molecule has 0 saturated heterocycles. The van der Waals surface area contributed by atoms with Gasteiger partial charge in [-0.15, -0.1) is 0 Å². The summed E-state index contributed by atoms with van der Waals surface area (Å²) in [4.78, 5) is 4.74. The van der Waals surface area contributed by atoms with Crippen LogP contribution in [-0.4, -0.2) is 30.1 Å². The number of hydrogen-bond donors (Lipinski definition) is 2. The summed E-state index contributed by atoms with van der Waals surface area (Å²) in [5.74, 6) is 1.90. The predicted molar refractivity (Wildman–Crippen MR) is 114 cm³/mol. The van der Waals surface area contributed by atoms with Crippen molar-refractivity contribution in [3.05, 3.63) is 76.9 Å². The largest absolute Gasteiger partial charge is 0.263 e. The predicted octanol–water partition coefficient (Wildman–Crippen LogP) is 3.42. The van der Waals surface area contributed by atoms with Crippen molar-refractivity contribution in [3.8, 4) is 0 Å². The van der Waals surface area contributed by atoms with Crippen molar-refractivity contribution in [1.29, 1.82) is 0 Å². The van der Waals surface area contributed by atoms with Crippen LogP contribution in [0.1, 0.15) is 42.2 Å². The highest BCUT2D eigenvalue weighted by molar-refractivity contribution is 7.89. The maximum Gasteiger partial charge on any atom is 0.240 e. The van der Waals surface area contributed by atoms with E-state index in [0.29, 0.717) is 24.6 Å². The van der Waals surface area contributed by atoms with Gasteiger partial charge in [0.15, 0.2) is 5.82 Å². The van der Waals surface area contributed by atoms with Crippen molar-refractivity contribution in [2.45, 2.75) is 44.9 Å². The molecular formula is C22H28N4O2S. The number of rotatable bonds is 9. The SMILES string of the molecule is Cc1ccc(Cc2nc(CCNS(=O)(=O)c3ccc(CC(C)C)cc3)n[nH]2)cc1. The molecule has 0 aliphatic rings. The molecule has 0 amide bonds. The molecule has 1 aromatic heterocycles. The molecule has 0 aliphatic heterocycles. The molecule has 2 aromatic carbocycles. The van der Waals surface area contributed by atoms with Crippen LogP contribution in [0.5, 0.6) is 0 Å². The lowest BCUT2D eigenvalue weighted by Crippen LogP contribution is -2.26. The van der Waals surface area contributed by atoms with Gasteiger partial charge in [-0.25, -0.2) is 18.1 Å². The Balaban J connectivity index is 1.52. The molecule has 0 fully saturated rings. The number of aryl methyl sites for hydroxylation is 1. The second-order valence-electron chi connectivity index (χ2n) is 7.75. The van der Waals surface area contributed by atoms with Crippen LogP contribution >= 0.6 is 0 Å². The fraction of sp³-hybridized carbons (Fsp3) is 0.364. The van der Waals surface area contributed by atoms with E-state index in [4.69, 9.17) is 0 Å². The first-order valence-electron chi connectivity index (χ1n) is 9.86. The maximum absolute atomic E-state index is 12.5. The van der Waals surface area contributed by atoms with Crippen LogP contribution in [0, 0.1) is 12.8 Å². The number of nitrogens with zero attached hydrogens (tertiary/aromatic N) is 2. The number of nitrogens with one attached hydrogen (secondary N) is 2. The van der Waals surface area contributed by atoms with Gasteiger partial charge in [-0.05, 0) is 42.5 Å². The van der Waals surface area contributed by atoms with Gasteiger partial charge >= 0.3 is 0 Å². The summed E-state index contributed by atoms with van der Waals surface area (Å²) in [6.45, 7) is 6.58. The van der Waals surface area contributed by atoms with Gasteiger partial charge in [0, 0.05) is 19.4 Å². The molecule has 154 valence electrons. The molecule has 6 nitrogen and oxygen atoms in total. The first-order chi connectivity index (χ1) is 13.8. The molecule has 2 N–H and O–H groups in total. The van der Waals surface area contributed by atoms with Crippen LogP contribution in [0.2, 0.25) is 0 Å². The molecule has 0 bridgehead atoms. The van der Waals surface area contributed by atoms with Crippen molar-refractivity contribution in [3.63, 3.8) is 0 Å².